The quantitative estimate of drug-likeness (QED) is 0.798. The van der Waals surface area contributed by atoms with Gasteiger partial charge in [0.2, 0.25) is 5.95 Å². The van der Waals surface area contributed by atoms with Gasteiger partial charge in [-0.3, -0.25) is 4.98 Å². The molecule has 0 saturated heterocycles. The summed E-state index contributed by atoms with van der Waals surface area (Å²) >= 11 is 6.02. The van der Waals surface area contributed by atoms with Crippen molar-refractivity contribution in [1.82, 2.24) is 14.5 Å². The third-order valence-corrected chi connectivity index (χ3v) is 3.29. The summed E-state index contributed by atoms with van der Waals surface area (Å²) in [5.74, 6) is 0.508. The summed E-state index contributed by atoms with van der Waals surface area (Å²) in [6, 6.07) is 11.5. The van der Waals surface area contributed by atoms with Crippen LogP contribution < -0.4 is 5.73 Å². The molecule has 0 spiro atoms. The van der Waals surface area contributed by atoms with E-state index < -0.39 is 0 Å². The van der Waals surface area contributed by atoms with E-state index in [-0.39, 0.29) is 0 Å². The van der Waals surface area contributed by atoms with Gasteiger partial charge in [-0.2, -0.15) is 0 Å². The van der Waals surface area contributed by atoms with E-state index in [1.807, 2.05) is 41.0 Å². The third-order valence-electron chi connectivity index (χ3n) is 3.06. The first-order valence-corrected chi connectivity index (χ1v) is 6.43. The molecule has 2 heterocycles. The Kier molecular flexibility index (Phi) is 3.09. The second-order valence-corrected chi connectivity index (χ2v) is 4.76. The molecule has 1 aromatic carbocycles. The molecule has 2 N–H and O–H groups in total. The molecule has 0 aliphatic heterocycles. The molecule has 0 aliphatic carbocycles. The van der Waals surface area contributed by atoms with Crippen molar-refractivity contribution >= 4 is 28.6 Å². The van der Waals surface area contributed by atoms with Crippen molar-refractivity contribution in [3.63, 3.8) is 0 Å². The van der Waals surface area contributed by atoms with Crippen LogP contribution >= 0.6 is 11.6 Å². The lowest BCUT2D eigenvalue weighted by molar-refractivity contribution is 0.713. The van der Waals surface area contributed by atoms with E-state index in [9.17, 15) is 0 Å². The minimum absolute atomic E-state index is 0.508. The highest BCUT2D eigenvalue weighted by Gasteiger charge is 2.08. The molecule has 0 unspecified atom stereocenters. The van der Waals surface area contributed by atoms with Gasteiger partial charge in [0.25, 0.3) is 0 Å². The highest BCUT2D eigenvalue weighted by atomic mass is 35.5. The van der Waals surface area contributed by atoms with Crippen LogP contribution in [-0.2, 0) is 13.0 Å². The van der Waals surface area contributed by atoms with Crippen LogP contribution in [0.4, 0.5) is 5.95 Å². The normalized spacial score (nSPS) is 11.0. The van der Waals surface area contributed by atoms with Crippen LogP contribution in [0.3, 0.4) is 0 Å². The fourth-order valence-electron chi connectivity index (χ4n) is 2.12. The molecule has 5 heteroatoms. The van der Waals surface area contributed by atoms with E-state index in [2.05, 4.69) is 9.97 Å². The second kappa shape index (κ2) is 4.90. The lowest BCUT2D eigenvalue weighted by atomic mass is 10.2. The predicted octanol–water partition coefficient (Wildman–Crippen LogP) is 2.91. The first-order chi connectivity index (χ1) is 9.24. The summed E-state index contributed by atoms with van der Waals surface area (Å²) < 4.78 is 1.97. The number of benzene rings is 1. The summed E-state index contributed by atoms with van der Waals surface area (Å²) in [6.45, 7) is 0.736. The lowest BCUT2D eigenvalue weighted by Gasteiger charge is -2.06. The van der Waals surface area contributed by atoms with Crippen LogP contribution in [-0.4, -0.2) is 14.5 Å². The maximum atomic E-state index is 6.02. The van der Waals surface area contributed by atoms with Crippen LogP contribution in [0.25, 0.3) is 11.0 Å². The second-order valence-electron chi connectivity index (χ2n) is 4.33. The van der Waals surface area contributed by atoms with Gasteiger partial charge in [0.05, 0.1) is 11.0 Å². The van der Waals surface area contributed by atoms with Crippen molar-refractivity contribution in [3.05, 3.63) is 53.3 Å². The van der Waals surface area contributed by atoms with E-state index in [0.29, 0.717) is 11.0 Å². The maximum absolute atomic E-state index is 6.02. The summed E-state index contributed by atoms with van der Waals surface area (Å²) in [4.78, 5) is 8.63. The minimum atomic E-state index is 0.508. The number of nitrogens with zero attached hydrogens (tertiary/aromatic N) is 3. The first kappa shape index (κ1) is 12.0. The Bertz CT molecular complexity index is 706. The largest absolute Gasteiger partial charge is 0.369 e. The molecule has 0 fully saturated rings. The van der Waals surface area contributed by atoms with Crippen molar-refractivity contribution in [2.75, 3.05) is 5.73 Å². The van der Waals surface area contributed by atoms with Gasteiger partial charge in [-0.25, -0.2) is 4.98 Å². The number of aromatic nitrogens is 3. The highest BCUT2D eigenvalue weighted by molar-refractivity contribution is 6.31. The Hall–Kier alpha value is -2.07. The zero-order valence-electron chi connectivity index (χ0n) is 10.3. The summed E-state index contributed by atoms with van der Waals surface area (Å²) in [6.07, 6.45) is 2.60. The zero-order chi connectivity index (χ0) is 13.2. The maximum Gasteiger partial charge on any atom is 0.201 e. The van der Waals surface area contributed by atoms with E-state index in [1.165, 1.54) is 0 Å². The SMILES string of the molecule is Nc1nc2ccc(Cl)cc2n1CCc1ccccn1. The number of nitrogens with two attached hydrogens (primary N) is 1. The summed E-state index contributed by atoms with van der Waals surface area (Å²) in [5, 5.41) is 0.687. The van der Waals surface area contributed by atoms with Crippen LogP contribution in [0, 0.1) is 0 Å². The predicted molar refractivity (Wildman–Crippen MR) is 77.1 cm³/mol. The number of halogens is 1. The van der Waals surface area contributed by atoms with Crippen molar-refractivity contribution in [3.8, 4) is 0 Å². The minimum Gasteiger partial charge on any atom is -0.369 e. The molecule has 96 valence electrons. The first-order valence-electron chi connectivity index (χ1n) is 6.05. The number of hydrogen-bond donors (Lipinski definition) is 1. The van der Waals surface area contributed by atoms with Gasteiger partial charge in [0, 0.05) is 29.9 Å². The van der Waals surface area contributed by atoms with Gasteiger partial charge in [0.1, 0.15) is 0 Å². The molecular formula is C14H13ClN4. The molecule has 0 bridgehead atoms. The fourth-order valence-corrected chi connectivity index (χ4v) is 2.29. The van der Waals surface area contributed by atoms with Crippen LogP contribution in [0.15, 0.2) is 42.6 Å². The van der Waals surface area contributed by atoms with Crippen molar-refractivity contribution < 1.29 is 0 Å². The van der Waals surface area contributed by atoms with Crippen LogP contribution in [0.1, 0.15) is 5.69 Å². The number of hydrogen-bond acceptors (Lipinski definition) is 3. The molecular weight excluding hydrogens is 260 g/mol. The average molecular weight is 273 g/mol. The van der Waals surface area contributed by atoms with E-state index in [0.717, 1.165) is 29.7 Å². The Morgan fingerprint density at radius 3 is 2.89 bits per heavy atom. The van der Waals surface area contributed by atoms with Crippen LogP contribution in [0.5, 0.6) is 0 Å². The van der Waals surface area contributed by atoms with Gasteiger partial charge in [0.15, 0.2) is 0 Å². The Morgan fingerprint density at radius 1 is 1.21 bits per heavy atom. The van der Waals surface area contributed by atoms with E-state index >= 15 is 0 Å². The number of pyridine rings is 1. The van der Waals surface area contributed by atoms with Gasteiger partial charge in [-0.05, 0) is 30.3 Å². The Balaban J connectivity index is 1.92. The zero-order valence-corrected chi connectivity index (χ0v) is 11.0. The monoisotopic (exact) mass is 272 g/mol. The topological polar surface area (TPSA) is 56.7 Å². The Labute approximate surface area is 115 Å². The third kappa shape index (κ3) is 2.39. The number of rotatable bonds is 3. The van der Waals surface area contributed by atoms with Gasteiger partial charge >= 0.3 is 0 Å². The Morgan fingerprint density at radius 2 is 2.11 bits per heavy atom. The number of imidazole rings is 1. The number of fused-ring (bicyclic) bond motifs is 1. The molecule has 0 amide bonds. The molecule has 19 heavy (non-hydrogen) atoms. The van der Waals surface area contributed by atoms with Gasteiger partial charge in [-0.15, -0.1) is 0 Å². The summed E-state index contributed by atoms with van der Waals surface area (Å²) in [7, 11) is 0. The summed E-state index contributed by atoms with van der Waals surface area (Å²) in [5.41, 5.74) is 8.81. The standard InChI is InChI=1S/C14H13ClN4/c15-10-4-5-12-13(9-10)19(14(16)18-12)8-6-11-3-1-2-7-17-11/h1-5,7,9H,6,8H2,(H2,16,18). The lowest BCUT2D eigenvalue weighted by Crippen LogP contribution is -2.06. The fraction of sp³-hybridized carbons (Fsp3) is 0.143. The van der Waals surface area contributed by atoms with Gasteiger partial charge in [-0.1, -0.05) is 17.7 Å². The molecule has 2 aromatic heterocycles. The van der Waals surface area contributed by atoms with Crippen molar-refractivity contribution in [2.24, 2.45) is 0 Å². The highest BCUT2D eigenvalue weighted by Crippen LogP contribution is 2.22. The molecule has 4 nitrogen and oxygen atoms in total. The van der Waals surface area contributed by atoms with Crippen LogP contribution in [0.2, 0.25) is 5.02 Å². The molecule has 0 aliphatic rings. The number of aryl methyl sites for hydroxylation is 2. The van der Waals surface area contributed by atoms with Crippen molar-refractivity contribution in [2.45, 2.75) is 13.0 Å². The van der Waals surface area contributed by atoms with Gasteiger partial charge < -0.3 is 10.3 Å². The molecule has 0 saturated carbocycles. The number of anilines is 1. The van der Waals surface area contributed by atoms with E-state index in [1.54, 1.807) is 6.20 Å². The average Bonchev–Trinajstić information content (AvgIpc) is 2.73. The van der Waals surface area contributed by atoms with Crippen molar-refractivity contribution in [1.29, 1.82) is 0 Å². The smallest absolute Gasteiger partial charge is 0.201 e. The molecule has 3 rings (SSSR count). The molecule has 0 atom stereocenters. The van der Waals surface area contributed by atoms with E-state index in [4.69, 9.17) is 17.3 Å². The number of nitrogen functional groups attached to an aromatic ring is 1. The molecule has 0 radical (unpaired) electrons. The molecule has 3 aromatic rings.